The molecule has 2 aromatic carbocycles. The summed E-state index contributed by atoms with van der Waals surface area (Å²) in [6, 6.07) is 9.32. The average Bonchev–Trinajstić information content (AvgIpc) is 2.40. The van der Waals surface area contributed by atoms with Gasteiger partial charge in [0, 0.05) is 15.7 Å². The number of amides is 1. The highest BCUT2D eigenvalue weighted by Gasteiger charge is 2.15. The predicted molar refractivity (Wildman–Crippen MR) is 90.0 cm³/mol. The first-order valence-corrected chi connectivity index (χ1v) is 7.35. The van der Waals surface area contributed by atoms with Gasteiger partial charge in [0.2, 0.25) is 0 Å². The van der Waals surface area contributed by atoms with Gasteiger partial charge in [-0.1, -0.05) is 23.2 Å². The molecular weight excluding hydrogens is 407 g/mol. The van der Waals surface area contributed by atoms with Crippen molar-refractivity contribution in [1.82, 2.24) is 0 Å². The van der Waals surface area contributed by atoms with E-state index in [2.05, 4.69) is 27.9 Å². The van der Waals surface area contributed by atoms with Crippen molar-refractivity contribution in [2.45, 2.75) is 6.92 Å². The number of benzene rings is 2. The van der Waals surface area contributed by atoms with E-state index in [-0.39, 0.29) is 22.3 Å². The van der Waals surface area contributed by atoms with Crippen LogP contribution in [0.25, 0.3) is 0 Å². The second-order valence-corrected chi connectivity index (χ2v) is 5.93. The number of hydrogen-bond acceptors (Lipinski definition) is 3. The van der Waals surface area contributed by atoms with E-state index in [1.54, 1.807) is 6.07 Å². The van der Waals surface area contributed by atoms with E-state index in [4.69, 9.17) is 11.6 Å². The molecule has 0 heterocycles. The van der Waals surface area contributed by atoms with Crippen LogP contribution in [0.1, 0.15) is 15.9 Å². The van der Waals surface area contributed by atoms with E-state index in [1.807, 2.05) is 19.1 Å². The molecule has 2 rings (SSSR count). The van der Waals surface area contributed by atoms with Crippen LogP contribution in [0.3, 0.4) is 0 Å². The van der Waals surface area contributed by atoms with Crippen molar-refractivity contribution >= 4 is 51.5 Å². The normalized spacial score (nSPS) is 10.2. The molecule has 0 unspecified atom stereocenters. The lowest BCUT2D eigenvalue weighted by molar-refractivity contribution is -0.384. The fourth-order valence-corrected chi connectivity index (χ4v) is 2.80. The van der Waals surface area contributed by atoms with Crippen molar-refractivity contribution in [1.29, 1.82) is 0 Å². The van der Waals surface area contributed by atoms with Gasteiger partial charge in [-0.2, -0.15) is 0 Å². The highest BCUT2D eigenvalue weighted by molar-refractivity contribution is 14.1. The molecule has 0 aromatic heterocycles. The van der Waals surface area contributed by atoms with E-state index in [0.29, 0.717) is 5.56 Å². The zero-order valence-corrected chi connectivity index (χ0v) is 13.8. The SMILES string of the molecule is Cc1ccc(C(=O)Nc2cc([N+](=O)[O-])ccc2Cl)c(I)c1. The topological polar surface area (TPSA) is 72.2 Å². The molecule has 0 spiro atoms. The maximum Gasteiger partial charge on any atom is 0.271 e. The van der Waals surface area contributed by atoms with Crippen LogP contribution < -0.4 is 5.32 Å². The summed E-state index contributed by atoms with van der Waals surface area (Å²) in [4.78, 5) is 22.5. The summed E-state index contributed by atoms with van der Waals surface area (Å²) in [5.41, 5.74) is 1.62. The Morgan fingerprint density at radius 3 is 2.62 bits per heavy atom. The largest absolute Gasteiger partial charge is 0.320 e. The van der Waals surface area contributed by atoms with Crippen molar-refractivity contribution in [2.75, 3.05) is 5.32 Å². The minimum Gasteiger partial charge on any atom is -0.320 e. The standard InChI is InChI=1S/C14H10ClIN2O3/c1-8-2-4-10(12(16)6-8)14(19)17-13-7-9(18(20)21)3-5-11(13)15/h2-7H,1H3,(H,17,19). The molecule has 21 heavy (non-hydrogen) atoms. The Morgan fingerprint density at radius 2 is 2.00 bits per heavy atom. The summed E-state index contributed by atoms with van der Waals surface area (Å²) >= 11 is 8.03. The number of nitrogens with one attached hydrogen (secondary N) is 1. The van der Waals surface area contributed by atoms with Gasteiger partial charge in [0.05, 0.1) is 21.2 Å². The Hall–Kier alpha value is -1.67. The Morgan fingerprint density at radius 1 is 1.29 bits per heavy atom. The first-order chi connectivity index (χ1) is 9.88. The van der Waals surface area contributed by atoms with E-state index < -0.39 is 4.92 Å². The number of nitro benzene ring substituents is 1. The van der Waals surface area contributed by atoms with Crippen LogP contribution in [-0.4, -0.2) is 10.8 Å². The van der Waals surface area contributed by atoms with Crippen molar-refractivity contribution in [3.63, 3.8) is 0 Å². The summed E-state index contributed by atoms with van der Waals surface area (Å²) < 4.78 is 0.798. The molecule has 5 nitrogen and oxygen atoms in total. The van der Waals surface area contributed by atoms with Crippen molar-refractivity contribution < 1.29 is 9.72 Å². The molecule has 0 atom stereocenters. The smallest absolute Gasteiger partial charge is 0.271 e. The molecule has 108 valence electrons. The average molecular weight is 417 g/mol. The van der Waals surface area contributed by atoms with E-state index in [9.17, 15) is 14.9 Å². The molecule has 0 radical (unpaired) electrons. The second kappa shape index (κ2) is 6.40. The van der Waals surface area contributed by atoms with Crippen LogP contribution >= 0.6 is 34.2 Å². The monoisotopic (exact) mass is 416 g/mol. The van der Waals surface area contributed by atoms with Crippen LogP contribution in [0.15, 0.2) is 36.4 Å². The van der Waals surface area contributed by atoms with Gasteiger partial charge in [0.15, 0.2) is 0 Å². The van der Waals surface area contributed by atoms with Crippen LogP contribution in [0.4, 0.5) is 11.4 Å². The van der Waals surface area contributed by atoms with E-state index in [1.165, 1.54) is 18.2 Å². The predicted octanol–water partition coefficient (Wildman–Crippen LogP) is 4.41. The number of rotatable bonds is 3. The number of hydrogen-bond donors (Lipinski definition) is 1. The van der Waals surface area contributed by atoms with Crippen LogP contribution in [0.5, 0.6) is 0 Å². The minimum absolute atomic E-state index is 0.131. The molecule has 2 aromatic rings. The van der Waals surface area contributed by atoms with Crippen LogP contribution in [0, 0.1) is 20.6 Å². The highest BCUT2D eigenvalue weighted by atomic mass is 127. The third-order valence-corrected chi connectivity index (χ3v) is 4.00. The molecule has 0 aliphatic heterocycles. The van der Waals surface area contributed by atoms with Gasteiger partial charge < -0.3 is 5.32 Å². The Kier molecular flexibility index (Phi) is 4.79. The van der Waals surface area contributed by atoms with Gasteiger partial charge in [-0.15, -0.1) is 0 Å². The fourth-order valence-electron chi connectivity index (χ4n) is 1.72. The van der Waals surface area contributed by atoms with Gasteiger partial charge in [-0.3, -0.25) is 14.9 Å². The molecule has 1 N–H and O–H groups in total. The number of halogens is 2. The molecule has 0 aliphatic carbocycles. The van der Waals surface area contributed by atoms with Gasteiger partial charge >= 0.3 is 0 Å². The van der Waals surface area contributed by atoms with Crippen molar-refractivity contribution in [2.24, 2.45) is 0 Å². The first kappa shape index (κ1) is 15.7. The van der Waals surface area contributed by atoms with E-state index >= 15 is 0 Å². The highest BCUT2D eigenvalue weighted by Crippen LogP contribution is 2.27. The summed E-state index contributed by atoms with van der Waals surface area (Å²) in [7, 11) is 0. The zero-order valence-electron chi connectivity index (χ0n) is 10.9. The maximum atomic E-state index is 12.2. The number of nitro groups is 1. The second-order valence-electron chi connectivity index (χ2n) is 4.36. The minimum atomic E-state index is -0.540. The molecule has 1 amide bonds. The van der Waals surface area contributed by atoms with Crippen LogP contribution in [-0.2, 0) is 0 Å². The third-order valence-electron chi connectivity index (χ3n) is 2.78. The van der Waals surface area contributed by atoms with E-state index in [0.717, 1.165) is 9.13 Å². The zero-order chi connectivity index (χ0) is 15.6. The summed E-state index contributed by atoms with van der Waals surface area (Å²) in [6.07, 6.45) is 0. The molecule has 0 aliphatic rings. The summed E-state index contributed by atoms with van der Waals surface area (Å²) in [5.74, 6) is -0.359. The number of anilines is 1. The molecule has 0 saturated heterocycles. The van der Waals surface area contributed by atoms with Crippen LogP contribution in [0.2, 0.25) is 5.02 Å². The number of aryl methyl sites for hydroxylation is 1. The van der Waals surface area contributed by atoms with Crippen molar-refractivity contribution in [3.8, 4) is 0 Å². The quantitative estimate of drug-likeness (QED) is 0.457. The lowest BCUT2D eigenvalue weighted by atomic mass is 10.1. The molecule has 7 heteroatoms. The van der Waals surface area contributed by atoms with Gasteiger partial charge in [-0.25, -0.2) is 0 Å². The molecule has 0 saturated carbocycles. The fraction of sp³-hybridized carbons (Fsp3) is 0.0714. The van der Waals surface area contributed by atoms with Gasteiger partial charge in [0.25, 0.3) is 11.6 Å². The van der Waals surface area contributed by atoms with Gasteiger partial charge in [0.1, 0.15) is 0 Å². The van der Waals surface area contributed by atoms with Crippen molar-refractivity contribution in [3.05, 3.63) is 66.2 Å². The Balaban J connectivity index is 2.31. The Labute approximate surface area is 139 Å². The molecule has 0 bridgehead atoms. The number of nitrogens with zero attached hydrogens (tertiary/aromatic N) is 1. The maximum absolute atomic E-state index is 12.2. The first-order valence-electron chi connectivity index (χ1n) is 5.90. The number of carbonyl (C=O) groups excluding carboxylic acids is 1. The Bertz CT molecular complexity index is 734. The lowest BCUT2D eigenvalue weighted by Crippen LogP contribution is -2.14. The number of carbonyl (C=O) groups is 1. The molecule has 0 fully saturated rings. The lowest BCUT2D eigenvalue weighted by Gasteiger charge is -2.09. The third kappa shape index (κ3) is 3.70. The number of non-ortho nitro benzene ring substituents is 1. The summed E-state index contributed by atoms with van der Waals surface area (Å²) in [5, 5.41) is 13.6. The van der Waals surface area contributed by atoms with Gasteiger partial charge in [-0.05, 0) is 47.7 Å². The molecular formula is C14H10ClIN2O3. The summed E-state index contributed by atoms with van der Waals surface area (Å²) in [6.45, 7) is 1.93.